The molecule has 1 atom stereocenters. The molecule has 0 aliphatic carbocycles. The fourth-order valence-electron chi connectivity index (χ4n) is 3.14. The normalized spacial score (nSPS) is 11.7. The molecule has 0 spiro atoms. The van der Waals surface area contributed by atoms with Crippen LogP contribution in [0.2, 0.25) is 0 Å². The van der Waals surface area contributed by atoms with E-state index in [1.54, 1.807) is 0 Å². The van der Waals surface area contributed by atoms with Crippen LogP contribution < -0.4 is 14.8 Å². The van der Waals surface area contributed by atoms with Crippen molar-refractivity contribution in [2.45, 2.75) is 39.2 Å². The lowest BCUT2D eigenvalue weighted by atomic mass is 10.1. The number of hydrogen-bond acceptors (Lipinski definition) is 3. The number of benzene rings is 3. The quantitative estimate of drug-likeness (QED) is 0.392. The summed E-state index contributed by atoms with van der Waals surface area (Å²) in [5.74, 6) is 1.81. The molecule has 0 bridgehead atoms. The van der Waals surface area contributed by atoms with Crippen LogP contribution in [0.3, 0.4) is 0 Å². The van der Waals surface area contributed by atoms with Crippen LogP contribution in [0.1, 0.15) is 30.9 Å². The molecule has 0 saturated carbocycles. The molecule has 1 N–H and O–H groups in total. The molecule has 3 aromatic carbocycles. The largest absolute Gasteiger partial charge is 0.491 e. The van der Waals surface area contributed by atoms with Crippen molar-refractivity contribution in [3.63, 3.8) is 0 Å². The Hall–Kier alpha value is -2.94. The lowest BCUT2D eigenvalue weighted by Gasteiger charge is -2.20. The minimum atomic E-state index is 0.101. The molecule has 3 aromatic rings. The van der Waals surface area contributed by atoms with Crippen molar-refractivity contribution in [1.82, 2.24) is 0 Å². The van der Waals surface area contributed by atoms with Gasteiger partial charge < -0.3 is 14.8 Å². The number of aryl methyl sites for hydroxylation is 2. The Bertz CT molecular complexity index is 846. The number of nitrogens with one attached hydrogen (secondary N) is 1. The maximum absolute atomic E-state index is 6.12. The van der Waals surface area contributed by atoms with Gasteiger partial charge in [0.05, 0.1) is 18.8 Å². The van der Waals surface area contributed by atoms with Crippen LogP contribution in [0.4, 0.5) is 5.69 Å². The standard InChI is InChI=1S/C26H31NO2/c1-3-23(29-24-17-15-21(2)16-18-24)20-27-25-13-7-8-14-26(25)28-19-9-12-22-10-5-4-6-11-22/h4-8,10-11,13-18,23,27H,3,9,12,19-20H2,1-2H3. The summed E-state index contributed by atoms with van der Waals surface area (Å²) in [4.78, 5) is 0. The molecular formula is C26H31NO2. The van der Waals surface area contributed by atoms with Crippen LogP contribution in [-0.4, -0.2) is 19.3 Å². The summed E-state index contributed by atoms with van der Waals surface area (Å²) in [5.41, 5.74) is 3.60. The molecule has 0 saturated heterocycles. The zero-order valence-corrected chi connectivity index (χ0v) is 17.4. The SMILES string of the molecule is CCC(CNc1ccccc1OCCCc1ccccc1)Oc1ccc(C)cc1. The van der Waals surface area contributed by atoms with E-state index in [1.165, 1.54) is 11.1 Å². The van der Waals surface area contributed by atoms with Crippen molar-refractivity contribution in [3.05, 3.63) is 90.0 Å². The summed E-state index contributed by atoms with van der Waals surface area (Å²) in [6.07, 6.45) is 3.05. The molecule has 0 aliphatic heterocycles. The van der Waals surface area contributed by atoms with Crippen LogP contribution in [0.25, 0.3) is 0 Å². The van der Waals surface area contributed by atoms with Gasteiger partial charge in [-0.1, -0.05) is 67.1 Å². The second-order valence-corrected chi connectivity index (χ2v) is 7.28. The van der Waals surface area contributed by atoms with Crippen molar-refractivity contribution >= 4 is 5.69 Å². The van der Waals surface area contributed by atoms with Gasteiger partial charge in [-0.25, -0.2) is 0 Å². The van der Waals surface area contributed by atoms with Crippen molar-refractivity contribution in [2.24, 2.45) is 0 Å². The topological polar surface area (TPSA) is 30.5 Å². The van der Waals surface area contributed by atoms with Crippen LogP contribution in [0, 0.1) is 6.92 Å². The fraction of sp³-hybridized carbons (Fsp3) is 0.308. The summed E-state index contributed by atoms with van der Waals surface area (Å²) < 4.78 is 12.2. The fourth-order valence-corrected chi connectivity index (χ4v) is 3.14. The monoisotopic (exact) mass is 389 g/mol. The zero-order chi connectivity index (χ0) is 20.3. The predicted octanol–water partition coefficient (Wildman–Crippen LogP) is 6.28. The van der Waals surface area contributed by atoms with Gasteiger partial charge in [-0.05, 0) is 56.0 Å². The Balaban J connectivity index is 1.49. The van der Waals surface area contributed by atoms with Gasteiger partial charge in [0, 0.05) is 0 Å². The maximum atomic E-state index is 6.12. The number of anilines is 1. The molecule has 0 radical (unpaired) electrons. The molecule has 0 aliphatic rings. The molecule has 29 heavy (non-hydrogen) atoms. The summed E-state index contributed by atoms with van der Waals surface area (Å²) in [5, 5.41) is 3.50. The van der Waals surface area contributed by atoms with E-state index < -0.39 is 0 Å². The Morgan fingerprint density at radius 2 is 1.59 bits per heavy atom. The highest BCUT2D eigenvalue weighted by molar-refractivity contribution is 5.56. The Morgan fingerprint density at radius 1 is 0.862 bits per heavy atom. The van der Waals surface area contributed by atoms with Crippen molar-refractivity contribution < 1.29 is 9.47 Å². The Morgan fingerprint density at radius 3 is 2.34 bits per heavy atom. The van der Waals surface area contributed by atoms with E-state index in [0.717, 1.165) is 43.0 Å². The van der Waals surface area contributed by atoms with Crippen molar-refractivity contribution in [3.8, 4) is 11.5 Å². The van der Waals surface area contributed by atoms with Crippen LogP contribution >= 0.6 is 0 Å². The summed E-state index contributed by atoms with van der Waals surface area (Å²) in [7, 11) is 0. The second-order valence-electron chi connectivity index (χ2n) is 7.28. The van der Waals surface area contributed by atoms with Gasteiger partial charge in [0.15, 0.2) is 0 Å². The second kappa shape index (κ2) is 11.2. The van der Waals surface area contributed by atoms with Crippen LogP contribution in [0.15, 0.2) is 78.9 Å². The van der Waals surface area contributed by atoms with Gasteiger partial charge in [-0.15, -0.1) is 0 Å². The highest BCUT2D eigenvalue weighted by Crippen LogP contribution is 2.24. The smallest absolute Gasteiger partial charge is 0.142 e. The summed E-state index contributed by atoms with van der Waals surface area (Å²) in [6, 6.07) is 26.9. The van der Waals surface area contributed by atoms with Gasteiger partial charge in [0.25, 0.3) is 0 Å². The van der Waals surface area contributed by atoms with Crippen molar-refractivity contribution in [2.75, 3.05) is 18.5 Å². The summed E-state index contributed by atoms with van der Waals surface area (Å²) in [6.45, 7) is 5.66. The van der Waals surface area contributed by atoms with Crippen LogP contribution in [0.5, 0.6) is 11.5 Å². The van der Waals surface area contributed by atoms with Crippen molar-refractivity contribution in [1.29, 1.82) is 0 Å². The lowest BCUT2D eigenvalue weighted by Crippen LogP contribution is -2.25. The molecule has 1 unspecified atom stereocenters. The number of para-hydroxylation sites is 2. The molecule has 0 fully saturated rings. The first-order valence-electron chi connectivity index (χ1n) is 10.5. The number of rotatable bonds is 11. The number of hydrogen-bond donors (Lipinski definition) is 1. The molecule has 152 valence electrons. The van der Waals surface area contributed by atoms with E-state index in [1.807, 2.05) is 36.4 Å². The third-order valence-corrected chi connectivity index (χ3v) is 4.90. The molecule has 0 heterocycles. The molecular weight excluding hydrogens is 358 g/mol. The highest BCUT2D eigenvalue weighted by Gasteiger charge is 2.10. The van der Waals surface area contributed by atoms with E-state index >= 15 is 0 Å². The van der Waals surface area contributed by atoms with Gasteiger partial charge in [-0.3, -0.25) is 0 Å². The van der Waals surface area contributed by atoms with E-state index in [9.17, 15) is 0 Å². The molecule has 3 rings (SSSR count). The average Bonchev–Trinajstić information content (AvgIpc) is 2.77. The van der Waals surface area contributed by atoms with Crippen LogP contribution in [-0.2, 0) is 6.42 Å². The van der Waals surface area contributed by atoms with Gasteiger partial charge in [0.1, 0.15) is 17.6 Å². The molecule has 0 aromatic heterocycles. The van der Waals surface area contributed by atoms with Gasteiger partial charge >= 0.3 is 0 Å². The lowest BCUT2D eigenvalue weighted by molar-refractivity contribution is 0.210. The Labute approximate surface area is 174 Å². The third-order valence-electron chi connectivity index (χ3n) is 4.90. The summed E-state index contributed by atoms with van der Waals surface area (Å²) >= 11 is 0. The predicted molar refractivity (Wildman–Crippen MR) is 121 cm³/mol. The first-order valence-corrected chi connectivity index (χ1v) is 10.5. The van der Waals surface area contributed by atoms with E-state index in [0.29, 0.717) is 6.61 Å². The maximum Gasteiger partial charge on any atom is 0.142 e. The van der Waals surface area contributed by atoms with E-state index in [-0.39, 0.29) is 6.10 Å². The molecule has 3 heteroatoms. The first kappa shape index (κ1) is 20.8. The van der Waals surface area contributed by atoms with Gasteiger partial charge in [-0.2, -0.15) is 0 Å². The highest BCUT2D eigenvalue weighted by atomic mass is 16.5. The van der Waals surface area contributed by atoms with Gasteiger partial charge in [0.2, 0.25) is 0 Å². The Kier molecular flexibility index (Phi) is 8.00. The minimum absolute atomic E-state index is 0.101. The molecule has 3 nitrogen and oxygen atoms in total. The number of ether oxygens (including phenoxy) is 2. The zero-order valence-electron chi connectivity index (χ0n) is 17.4. The molecule has 0 amide bonds. The first-order chi connectivity index (χ1) is 14.2. The third kappa shape index (κ3) is 6.86. The minimum Gasteiger partial charge on any atom is -0.491 e. The van der Waals surface area contributed by atoms with E-state index in [4.69, 9.17) is 9.47 Å². The average molecular weight is 390 g/mol. The van der Waals surface area contributed by atoms with E-state index in [2.05, 4.69) is 61.6 Å².